The third-order valence-corrected chi connectivity index (χ3v) is 5.83. The first kappa shape index (κ1) is 22.4. The van der Waals surface area contributed by atoms with Crippen LogP contribution in [0.3, 0.4) is 0 Å². The number of benzene rings is 2. The molecule has 1 N–H and O–H groups in total. The number of nitrogens with zero attached hydrogens (tertiary/aromatic N) is 2. The molecule has 6 heteroatoms. The molecule has 3 rings (SSSR count). The van der Waals surface area contributed by atoms with Gasteiger partial charge in [0.25, 0.3) is 5.91 Å². The van der Waals surface area contributed by atoms with Gasteiger partial charge in [-0.15, -0.1) is 0 Å². The second kappa shape index (κ2) is 9.67. The quantitative estimate of drug-likeness (QED) is 0.344. The van der Waals surface area contributed by atoms with E-state index in [9.17, 15) is 10.1 Å². The Bertz CT molecular complexity index is 1200. The Morgan fingerprint density at radius 2 is 1.97 bits per heavy atom. The van der Waals surface area contributed by atoms with Crippen molar-refractivity contribution in [3.8, 4) is 17.5 Å². The Balaban J connectivity index is 1.90. The van der Waals surface area contributed by atoms with Crippen LogP contribution in [0.4, 0.5) is 5.69 Å². The molecule has 0 atom stereocenters. The number of nitriles is 1. The molecule has 0 aliphatic rings. The zero-order chi connectivity index (χ0) is 22.5. The number of ether oxygens (including phenoxy) is 1. The van der Waals surface area contributed by atoms with Crippen LogP contribution < -0.4 is 10.1 Å². The van der Waals surface area contributed by atoms with Crippen LogP contribution >= 0.6 is 15.9 Å². The van der Waals surface area contributed by atoms with Crippen molar-refractivity contribution in [3.05, 3.63) is 81.1 Å². The molecule has 1 heterocycles. The van der Waals surface area contributed by atoms with E-state index in [1.54, 1.807) is 24.3 Å². The third kappa shape index (κ3) is 5.07. The van der Waals surface area contributed by atoms with Crippen molar-refractivity contribution >= 4 is 33.6 Å². The van der Waals surface area contributed by atoms with Crippen molar-refractivity contribution in [2.45, 2.75) is 27.7 Å². The molecule has 1 aromatic heterocycles. The number of hydrogen-bond donors (Lipinski definition) is 1. The fraction of sp³-hybridized carbons (Fsp3) is 0.200. The zero-order valence-corrected chi connectivity index (χ0v) is 19.6. The number of anilines is 1. The molecular formula is C25H24BrN3O2. The minimum atomic E-state index is -0.458. The highest BCUT2D eigenvalue weighted by molar-refractivity contribution is 9.10. The van der Waals surface area contributed by atoms with Gasteiger partial charge >= 0.3 is 0 Å². The summed E-state index contributed by atoms with van der Waals surface area (Å²) < 4.78 is 8.63. The lowest BCUT2D eigenvalue weighted by Crippen LogP contribution is -2.13. The van der Waals surface area contributed by atoms with Crippen molar-refractivity contribution in [2.24, 2.45) is 0 Å². The number of halogens is 1. The van der Waals surface area contributed by atoms with Crippen LogP contribution in [0.5, 0.6) is 5.75 Å². The molecule has 0 radical (unpaired) electrons. The first-order valence-electron chi connectivity index (χ1n) is 9.95. The van der Waals surface area contributed by atoms with Crippen molar-refractivity contribution in [3.63, 3.8) is 0 Å². The van der Waals surface area contributed by atoms with Gasteiger partial charge in [0, 0.05) is 33.3 Å². The van der Waals surface area contributed by atoms with E-state index in [1.165, 1.54) is 0 Å². The van der Waals surface area contributed by atoms with Crippen LogP contribution in [0.15, 0.2) is 58.6 Å². The van der Waals surface area contributed by atoms with Gasteiger partial charge in [0.2, 0.25) is 0 Å². The van der Waals surface area contributed by atoms with Gasteiger partial charge in [0.05, 0.1) is 6.61 Å². The lowest BCUT2D eigenvalue weighted by atomic mass is 10.1. The summed E-state index contributed by atoms with van der Waals surface area (Å²) in [5, 5.41) is 12.4. The maximum atomic E-state index is 12.7. The second-order valence-electron chi connectivity index (χ2n) is 7.18. The minimum Gasteiger partial charge on any atom is -0.494 e. The molecule has 0 aliphatic heterocycles. The third-order valence-electron chi connectivity index (χ3n) is 4.94. The average Bonchev–Trinajstić information content (AvgIpc) is 3.01. The molecule has 3 aromatic rings. The summed E-state index contributed by atoms with van der Waals surface area (Å²) in [6.07, 6.45) is 1.63. The summed E-state index contributed by atoms with van der Waals surface area (Å²) in [5.74, 6) is 0.205. The van der Waals surface area contributed by atoms with E-state index in [0.29, 0.717) is 18.0 Å². The Kier molecular flexibility index (Phi) is 6.98. The molecule has 0 fully saturated rings. The lowest BCUT2D eigenvalue weighted by molar-refractivity contribution is -0.112. The van der Waals surface area contributed by atoms with E-state index >= 15 is 0 Å². The molecule has 2 aromatic carbocycles. The molecule has 1 amide bonds. The van der Waals surface area contributed by atoms with Gasteiger partial charge in [-0.25, -0.2) is 0 Å². The maximum Gasteiger partial charge on any atom is 0.266 e. The van der Waals surface area contributed by atoms with Gasteiger partial charge in [0.15, 0.2) is 0 Å². The van der Waals surface area contributed by atoms with Crippen molar-refractivity contribution in [1.29, 1.82) is 5.26 Å². The number of carbonyl (C=O) groups is 1. The van der Waals surface area contributed by atoms with Gasteiger partial charge in [-0.2, -0.15) is 5.26 Å². The topological polar surface area (TPSA) is 67.0 Å². The van der Waals surface area contributed by atoms with Gasteiger partial charge in [-0.05, 0) is 81.3 Å². The summed E-state index contributed by atoms with van der Waals surface area (Å²) in [6.45, 7) is 8.46. The summed E-state index contributed by atoms with van der Waals surface area (Å²) in [7, 11) is 0. The van der Waals surface area contributed by atoms with E-state index in [0.717, 1.165) is 32.7 Å². The Morgan fingerprint density at radius 3 is 2.65 bits per heavy atom. The fourth-order valence-electron chi connectivity index (χ4n) is 3.43. The first-order chi connectivity index (χ1) is 14.8. The SMILES string of the molecule is CCOc1cccc(NC(=O)/C(C#N)=C\c2cc(C)n(-c3ccc(Br)c(C)c3)c2C)c1. The van der Waals surface area contributed by atoms with E-state index in [4.69, 9.17) is 4.74 Å². The highest BCUT2D eigenvalue weighted by Gasteiger charge is 2.14. The van der Waals surface area contributed by atoms with Gasteiger partial charge < -0.3 is 14.6 Å². The van der Waals surface area contributed by atoms with E-state index < -0.39 is 5.91 Å². The molecule has 0 saturated carbocycles. The molecule has 158 valence electrons. The normalized spacial score (nSPS) is 11.2. The molecule has 0 saturated heterocycles. The Hall–Kier alpha value is -3.30. The highest BCUT2D eigenvalue weighted by Crippen LogP contribution is 2.26. The predicted octanol–water partition coefficient (Wildman–Crippen LogP) is 6.11. The van der Waals surface area contributed by atoms with Crippen LogP contribution in [0.2, 0.25) is 0 Å². The summed E-state index contributed by atoms with van der Waals surface area (Å²) in [4.78, 5) is 12.7. The number of hydrogen-bond acceptors (Lipinski definition) is 3. The second-order valence-corrected chi connectivity index (χ2v) is 8.03. The predicted molar refractivity (Wildman–Crippen MR) is 128 cm³/mol. The number of aromatic nitrogens is 1. The maximum absolute atomic E-state index is 12.7. The fourth-order valence-corrected chi connectivity index (χ4v) is 3.68. The number of carbonyl (C=O) groups excluding carboxylic acids is 1. The molecule has 0 unspecified atom stereocenters. The van der Waals surface area contributed by atoms with E-state index in [-0.39, 0.29) is 5.57 Å². The molecule has 0 spiro atoms. The van der Waals surface area contributed by atoms with Crippen molar-refractivity contribution in [2.75, 3.05) is 11.9 Å². The lowest BCUT2D eigenvalue weighted by Gasteiger charge is -2.11. The zero-order valence-electron chi connectivity index (χ0n) is 18.0. The van der Waals surface area contributed by atoms with Crippen molar-refractivity contribution < 1.29 is 9.53 Å². The number of nitrogens with one attached hydrogen (secondary N) is 1. The van der Waals surface area contributed by atoms with Crippen LogP contribution in [-0.2, 0) is 4.79 Å². The smallest absolute Gasteiger partial charge is 0.266 e. The van der Waals surface area contributed by atoms with Crippen LogP contribution in [-0.4, -0.2) is 17.1 Å². The monoisotopic (exact) mass is 477 g/mol. The van der Waals surface area contributed by atoms with E-state index in [1.807, 2.05) is 58.0 Å². The molecule has 31 heavy (non-hydrogen) atoms. The number of rotatable bonds is 6. The van der Waals surface area contributed by atoms with Crippen LogP contribution in [0, 0.1) is 32.1 Å². The minimum absolute atomic E-state index is 0.0362. The largest absolute Gasteiger partial charge is 0.494 e. The number of amides is 1. The van der Waals surface area contributed by atoms with Gasteiger partial charge in [-0.3, -0.25) is 4.79 Å². The molecular weight excluding hydrogens is 454 g/mol. The first-order valence-corrected chi connectivity index (χ1v) is 10.7. The summed E-state index contributed by atoms with van der Waals surface area (Å²) in [6, 6.07) is 17.3. The standard InChI is InChI=1S/C25H24BrN3O2/c1-5-31-23-8-6-7-21(14-23)28-25(30)20(15-27)13-19-12-17(3)29(18(19)4)22-9-10-24(26)16(2)11-22/h6-14H,5H2,1-4H3,(H,28,30)/b20-13-. The van der Waals surface area contributed by atoms with Crippen LogP contribution in [0.1, 0.15) is 29.4 Å². The number of aryl methyl sites for hydroxylation is 2. The molecule has 5 nitrogen and oxygen atoms in total. The van der Waals surface area contributed by atoms with Crippen LogP contribution in [0.25, 0.3) is 11.8 Å². The van der Waals surface area contributed by atoms with Gasteiger partial charge in [-0.1, -0.05) is 22.0 Å². The Morgan fingerprint density at radius 1 is 1.19 bits per heavy atom. The summed E-state index contributed by atoms with van der Waals surface area (Å²) in [5.41, 5.74) is 5.58. The molecule has 0 bridgehead atoms. The Labute approximate surface area is 191 Å². The van der Waals surface area contributed by atoms with Gasteiger partial charge in [0.1, 0.15) is 17.4 Å². The van der Waals surface area contributed by atoms with Crippen molar-refractivity contribution in [1.82, 2.24) is 4.57 Å². The highest BCUT2D eigenvalue weighted by atomic mass is 79.9. The van der Waals surface area contributed by atoms with E-state index in [2.05, 4.69) is 31.9 Å². The molecule has 0 aliphatic carbocycles. The summed E-state index contributed by atoms with van der Waals surface area (Å²) >= 11 is 3.54. The average molecular weight is 478 g/mol.